The van der Waals surface area contributed by atoms with Gasteiger partial charge in [-0.2, -0.15) is 0 Å². The third kappa shape index (κ3) is 1.86. The van der Waals surface area contributed by atoms with Crippen LogP contribution in [0.3, 0.4) is 0 Å². The predicted octanol–water partition coefficient (Wildman–Crippen LogP) is 2.63. The predicted molar refractivity (Wildman–Crippen MR) is 57.2 cm³/mol. The number of hydrogen-bond acceptors (Lipinski definition) is 1. The number of H-pyrrole nitrogens is 1. The molecule has 0 aliphatic carbocycles. The maximum atomic E-state index is 13.4. The molecular formula is C12H9F2NO. The van der Waals surface area contributed by atoms with E-state index in [2.05, 4.69) is 4.98 Å². The number of benzene rings is 1. The highest BCUT2D eigenvalue weighted by atomic mass is 19.1. The molecule has 0 atom stereocenters. The summed E-state index contributed by atoms with van der Waals surface area (Å²) >= 11 is 0. The van der Waals surface area contributed by atoms with E-state index >= 15 is 0 Å². The van der Waals surface area contributed by atoms with Gasteiger partial charge < -0.3 is 4.98 Å². The number of aromatic nitrogens is 1. The highest BCUT2D eigenvalue weighted by Gasteiger charge is 2.07. The molecule has 2 nitrogen and oxygen atoms in total. The number of nitrogens with one attached hydrogen (secondary N) is 1. The Balaban J connectivity index is 2.62. The quantitative estimate of drug-likeness (QED) is 0.788. The molecule has 0 saturated carbocycles. The number of halogens is 2. The van der Waals surface area contributed by atoms with Crippen LogP contribution in [-0.4, -0.2) is 4.98 Å². The van der Waals surface area contributed by atoms with Gasteiger partial charge in [-0.1, -0.05) is 0 Å². The van der Waals surface area contributed by atoms with E-state index < -0.39 is 11.6 Å². The minimum absolute atomic E-state index is 0.138. The van der Waals surface area contributed by atoms with Gasteiger partial charge in [-0.15, -0.1) is 0 Å². The number of hydrogen-bond donors (Lipinski definition) is 1. The summed E-state index contributed by atoms with van der Waals surface area (Å²) in [5, 5.41) is 0. The Kier molecular flexibility index (Phi) is 2.56. The summed E-state index contributed by atoms with van der Waals surface area (Å²) < 4.78 is 26.4. The lowest BCUT2D eigenvalue weighted by Gasteiger charge is -2.04. The van der Waals surface area contributed by atoms with Crippen molar-refractivity contribution >= 4 is 0 Å². The van der Waals surface area contributed by atoms with Crippen molar-refractivity contribution in [3.8, 4) is 11.1 Å². The first kappa shape index (κ1) is 10.5. The molecule has 0 fully saturated rings. The first-order valence-electron chi connectivity index (χ1n) is 4.72. The molecule has 0 unspecified atom stereocenters. The van der Waals surface area contributed by atoms with Gasteiger partial charge in [0.25, 0.3) is 5.56 Å². The molecule has 2 rings (SSSR count). The molecular weight excluding hydrogens is 212 g/mol. The van der Waals surface area contributed by atoms with Crippen molar-refractivity contribution in [2.45, 2.75) is 6.92 Å². The van der Waals surface area contributed by atoms with Crippen molar-refractivity contribution in [1.82, 2.24) is 4.98 Å². The van der Waals surface area contributed by atoms with E-state index in [9.17, 15) is 13.6 Å². The first-order chi connectivity index (χ1) is 7.58. The number of rotatable bonds is 1. The van der Waals surface area contributed by atoms with Crippen LogP contribution in [0, 0.1) is 18.6 Å². The van der Waals surface area contributed by atoms with Gasteiger partial charge in [0.1, 0.15) is 11.6 Å². The largest absolute Gasteiger partial charge is 0.328 e. The molecule has 1 aromatic heterocycles. The van der Waals surface area contributed by atoms with Crippen LogP contribution < -0.4 is 5.56 Å². The topological polar surface area (TPSA) is 32.9 Å². The van der Waals surface area contributed by atoms with E-state index in [-0.39, 0.29) is 11.1 Å². The minimum atomic E-state index is -0.521. The van der Waals surface area contributed by atoms with Crippen molar-refractivity contribution in [2.24, 2.45) is 0 Å². The fourth-order valence-electron chi connectivity index (χ4n) is 1.47. The van der Waals surface area contributed by atoms with Crippen LogP contribution in [-0.2, 0) is 0 Å². The summed E-state index contributed by atoms with van der Waals surface area (Å²) in [5.41, 5.74) is 0.815. The van der Waals surface area contributed by atoms with Gasteiger partial charge in [-0.3, -0.25) is 4.79 Å². The Hall–Kier alpha value is -1.97. The molecule has 16 heavy (non-hydrogen) atoms. The lowest BCUT2D eigenvalue weighted by molar-refractivity contribution is 0.603. The summed E-state index contributed by atoms with van der Waals surface area (Å²) in [6.07, 6.45) is 1.37. The number of aromatic amines is 1. The summed E-state index contributed by atoms with van der Waals surface area (Å²) in [4.78, 5) is 13.6. The number of pyridine rings is 1. The van der Waals surface area contributed by atoms with E-state index in [1.807, 2.05) is 0 Å². The van der Waals surface area contributed by atoms with Gasteiger partial charge in [-0.05, 0) is 31.2 Å². The van der Waals surface area contributed by atoms with Gasteiger partial charge in [0.2, 0.25) is 0 Å². The molecule has 0 saturated heterocycles. The summed E-state index contributed by atoms with van der Waals surface area (Å²) in [6.45, 7) is 1.61. The van der Waals surface area contributed by atoms with E-state index in [1.165, 1.54) is 12.3 Å². The second-order valence-electron chi connectivity index (χ2n) is 3.52. The van der Waals surface area contributed by atoms with Gasteiger partial charge in [0.15, 0.2) is 0 Å². The first-order valence-corrected chi connectivity index (χ1v) is 4.72. The fourth-order valence-corrected chi connectivity index (χ4v) is 1.47. The second kappa shape index (κ2) is 3.89. The van der Waals surface area contributed by atoms with E-state index in [1.54, 1.807) is 6.92 Å². The lowest BCUT2D eigenvalue weighted by atomic mass is 10.1. The van der Waals surface area contributed by atoms with Gasteiger partial charge in [0.05, 0.1) is 0 Å². The Morgan fingerprint density at radius 3 is 2.62 bits per heavy atom. The van der Waals surface area contributed by atoms with Crippen molar-refractivity contribution in [3.05, 3.63) is 58.0 Å². The average molecular weight is 221 g/mol. The van der Waals surface area contributed by atoms with Crippen molar-refractivity contribution in [1.29, 1.82) is 0 Å². The van der Waals surface area contributed by atoms with Crippen LogP contribution >= 0.6 is 0 Å². The zero-order valence-electron chi connectivity index (χ0n) is 8.55. The summed E-state index contributed by atoms with van der Waals surface area (Å²) in [5.74, 6) is -1.03. The highest BCUT2D eigenvalue weighted by Crippen LogP contribution is 2.22. The van der Waals surface area contributed by atoms with Crippen molar-refractivity contribution < 1.29 is 8.78 Å². The van der Waals surface area contributed by atoms with Crippen LogP contribution in [0.25, 0.3) is 11.1 Å². The summed E-state index contributed by atoms with van der Waals surface area (Å²) in [7, 11) is 0. The van der Waals surface area contributed by atoms with Crippen LogP contribution in [0.15, 0.2) is 35.3 Å². The van der Waals surface area contributed by atoms with E-state index in [0.717, 1.165) is 18.2 Å². The smallest absolute Gasteiger partial charge is 0.250 e. The van der Waals surface area contributed by atoms with E-state index in [0.29, 0.717) is 11.1 Å². The molecule has 1 aromatic carbocycles. The van der Waals surface area contributed by atoms with E-state index in [4.69, 9.17) is 0 Å². The van der Waals surface area contributed by atoms with Gasteiger partial charge in [-0.25, -0.2) is 8.78 Å². The van der Waals surface area contributed by atoms with Gasteiger partial charge in [0, 0.05) is 22.9 Å². The lowest BCUT2D eigenvalue weighted by Crippen LogP contribution is -2.08. The molecule has 4 heteroatoms. The molecule has 0 radical (unpaired) electrons. The minimum Gasteiger partial charge on any atom is -0.328 e. The maximum absolute atomic E-state index is 13.4. The normalized spacial score (nSPS) is 10.4. The Morgan fingerprint density at radius 2 is 1.94 bits per heavy atom. The second-order valence-corrected chi connectivity index (χ2v) is 3.52. The molecule has 0 amide bonds. The molecule has 0 bridgehead atoms. The highest BCUT2D eigenvalue weighted by molar-refractivity contribution is 5.63. The van der Waals surface area contributed by atoms with Crippen molar-refractivity contribution in [2.75, 3.05) is 0 Å². The van der Waals surface area contributed by atoms with Crippen LogP contribution in [0.2, 0.25) is 0 Å². The molecule has 2 aromatic rings. The molecule has 0 aliphatic rings. The van der Waals surface area contributed by atoms with Crippen LogP contribution in [0.1, 0.15) is 5.56 Å². The van der Waals surface area contributed by atoms with Crippen LogP contribution in [0.4, 0.5) is 8.78 Å². The van der Waals surface area contributed by atoms with Crippen molar-refractivity contribution in [3.63, 3.8) is 0 Å². The Labute approximate surface area is 90.6 Å². The molecule has 1 N–H and O–H groups in total. The third-order valence-corrected chi connectivity index (χ3v) is 2.33. The molecule has 1 heterocycles. The zero-order valence-corrected chi connectivity index (χ0v) is 8.55. The Morgan fingerprint density at radius 1 is 1.19 bits per heavy atom. The third-order valence-electron chi connectivity index (χ3n) is 2.33. The van der Waals surface area contributed by atoms with Crippen LogP contribution in [0.5, 0.6) is 0 Å². The number of aryl methyl sites for hydroxylation is 1. The van der Waals surface area contributed by atoms with Gasteiger partial charge >= 0.3 is 0 Å². The fraction of sp³-hybridized carbons (Fsp3) is 0.0833. The average Bonchev–Trinajstić information content (AvgIpc) is 2.26. The molecule has 0 aliphatic heterocycles. The SMILES string of the molecule is Cc1cc(-c2cc(F)ccc2F)c[nH]c1=O. The Bertz CT molecular complexity index is 590. The maximum Gasteiger partial charge on any atom is 0.250 e. The molecule has 82 valence electrons. The molecule has 0 spiro atoms. The monoisotopic (exact) mass is 221 g/mol. The zero-order chi connectivity index (χ0) is 11.7. The standard InChI is InChI=1S/C12H9F2NO/c1-7-4-8(6-15-12(7)16)10-5-9(13)2-3-11(10)14/h2-6H,1H3,(H,15,16). The summed E-state index contributed by atoms with van der Waals surface area (Å²) in [6, 6.07) is 4.74.